The summed E-state index contributed by atoms with van der Waals surface area (Å²) in [6.45, 7) is 4.76. The first kappa shape index (κ1) is 31.5. The summed E-state index contributed by atoms with van der Waals surface area (Å²) in [5, 5.41) is 6.54. The molecule has 0 aliphatic heterocycles. The fourth-order valence-corrected chi connectivity index (χ4v) is 3.78. The van der Waals surface area contributed by atoms with Gasteiger partial charge >= 0.3 is 5.97 Å². The zero-order chi connectivity index (χ0) is 28.1. The van der Waals surface area contributed by atoms with Crippen LogP contribution in [0.3, 0.4) is 0 Å². The van der Waals surface area contributed by atoms with Crippen molar-refractivity contribution >= 4 is 24.0 Å². The molecule has 8 heteroatoms. The van der Waals surface area contributed by atoms with E-state index in [1.807, 2.05) is 6.92 Å². The van der Waals surface area contributed by atoms with Crippen LogP contribution < -0.4 is 20.2 Å². The van der Waals surface area contributed by atoms with Crippen LogP contribution in [0.1, 0.15) is 100 Å². The van der Waals surface area contributed by atoms with Gasteiger partial charge in [0, 0.05) is 6.42 Å². The highest BCUT2D eigenvalue weighted by atomic mass is 16.5. The highest BCUT2D eigenvalue weighted by molar-refractivity contribution is 5.91. The Balaban J connectivity index is 1.60. The lowest BCUT2D eigenvalue weighted by molar-refractivity contribution is -0.126. The Morgan fingerprint density at radius 1 is 0.744 bits per heavy atom. The maximum atomic E-state index is 12.4. The zero-order valence-electron chi connectivity index (χ0n) is 23.4. The molecular formula is C31H43N3O5. The Hall–Kier alpha value is -3.68. The third kappa shape index (κ3) is 14.2. The summed E-state index contributed by atoms with van der Waals surface area (Å²) in [7, 11) is 0. The highest BCUT2D eigenvalue weighted by Gasteiger charge is 2.09. The number of amides is 2. The largest absolute Gasteiger partial charge is 0.494 e. The third-order valence-electron chi connectivity index (χ3n) is 6.01. The van der Waals surface area contributed by atoms with Gasteiger partial charge in [0.15, 0.2) is 0 Å². The number of benzene rings is 2. The molecule has 0 bridgehead atoms. The minimum atomic E-state index is -0.467. The lowest BCUT2D eigenvalue weighted by Gasteiger charge is -2.07. The number of ether oxygens (including phenoxy) is 2. The average molecular weight is 538 g/mol. The molecule has 39 heavy (non-hydrogen) atoms. The van der Waals surface area contributed by atoms with Gasteiger partial charge < -0.3 is 14.8 Å². The number of carbonyl (C=O) groups excluding carboxylic acids is 3. The molecule has 0 atom stereocenters. The Labute approximate surface area is 232 Å². The Morgan fingerprint density at radius 3 is 2.00 bits per heavy atom. The number of nitrogens with zero attached hydrogens (tertiary/aromatic N) is 1. The molecule has 0 aliphatic rings. The van der Waals surface area contributed by atoms with E-state index >= 15 is 0 Å². The van der Waals surface area contributed by atoms with Crippen molar-refractivity contribution in [2.24, 2.45) is 5.10 Å². The quantitative estimate of drug-likeness (QED) is 0.0732. The summed E-state index contributed by atoms with van der Waals surface area (Å²) in [4.78, 5) is 36.2. The van der Waals surface area contributed by atoms with E-state index in [9.17, 15) is 14.4 Å². The van der Waals surface area contributed by atoms with Gasteiger partial charge in [-0.1, -0.05) is 65.2 Å². The van der Waals surface area contributed by atoms with Crippen molar-refractivity contribution in [1.29, 1.82) is 0 Å². The zero-order valence-corrected chi connectivity index (χ0v) is 23.4. The molecule has 2 aromatic rings. The number of hydrogen-bond donors (Lipinski definition) is 2. The van der Waals surface area contributed by atoms with E-state index in [0.717, 1.165) is 25.7 Å². The second-order valence-corrected chi connectivity index (χ2v) is 9.48. The minimum Gasteiger partial charge on any atom is -0.494 e. The summed E-state index contributed by atoms with van der Waals surface area (Å²) in [5.41, 5.74) is 3.53. The number of rotatable bonds is 19. The van der Waals surface area contributed by atoms with Gasteiger partial charge in [0.1, 0.15) is 11.5 Å². The van der Waals surface area contributed by atoms with Crippen LogP contribution in [0.4, 0.5) is 0 Å². The van der Waals surface area contributed by atoms with Crippen LogP contribution in [0.5, 0.6) is 11.5 Å². The lowest BCUT2D eigenvalue weighted by atomic mass is 10.1. The van der Waals surface area contributed by atoms with Crippen LogP contribution in [0.15, 0.2) is 53.6 Å². The number of unbranched alkanes of at least 4 members (excludes halogenated alkanes) is 8. The normalized spacial score (nSPS) is 10.8. The van der Waals surface area contributed by atoms with E-state index < -0.39 is 11.9 Å². The van der Waals surface area contributed by atoms with Gasteiger partial charge in [-0.05, 0) is 66.9 Å². The molecule has 0 heterocycles. The van der Waals surface area contributed by atoms with E-state index in [1.165, 1.54) is 44.7 Å². The SMILES string of the molecule is CCCCCCCCCCCC(=O)NCC(=O)N/N=C/c1ccc(OC(=O)c2ccc(OCCC)cc2)cc1. The first-order valence-electron chi connectivity index (χ1n) is 14.2. The van der Waals surface area contributed by atoms with Gasteiger partial charge in [-0.25, -0.2) is 10.2 Å². The first-order valence-corrected chi connectivity index (χ1v) is 14.2. The molecule has 212 valence electrons. The van der Waals surface area contributed by atoms with E-state index in [4.69, 9.17) is 9.47 Å². The minimum absolute atomic E-state index is 0.117. The number of carbonyl (C=O) groups is 3. The van der Waals surface area contributed by atoms with Crippen molar-refractivity contribution in [3.05, 3.63) is 59.7 Å². The molecule has 0 saturated heterocycles. The van der Waals surface area contributed by atoms with Crippen molar-refractivity contribution in [1.82, 2.24) is 10.7 Å². The first-order chi connectivity index (χ1) is 19.0. The molecule has 0 spiro atoms. The molecule has 2 amide bonds. The molecule has 0 saturated carbocycles. The molecule has 0 fully saturated rings. The number of esters is 1. The fraction of sp³-hybridized carbons (Fsp3) is 0.484. The van der Waals surface area contributed by atoms with E-state index in [0.29, 0.717) is 35.7 Å². The van der Waals surface area contributed by atoms with Crippen LogP contribution in [0.2, 0.25) is 0 Å². The van der Waals surface area contributed by atoms with Crippen molar-refractivity contribution in [2.75, 3.05) is 13.2 Å². The van der Waals surface area contributed by atoms with Crippen molar-refractivity contribution in [3.8, 4) is 11.5 Å². The summed E-state index contributed by atoms with van der Waals surface area (Å²) in [6, 6.07) is 13.5. The molecule has 2 N–H and O–H groups in total. The predicted molar refractivity (Wildman–Crippen MR) is 154 cm³/mol. The van der Waals surface area contributed by atoms with Crippen LogP contribution in [-0.2, 0) is 9.59 Å². The fourth-order valence-electron chi connectivity index (χ4n) is 3.78. The summed E-state index contributed by atoms with van der Waals surface area (Å²) >= 11 is 0. The highest BCUT2D eigenvalue weighted by Crippen LogP contribution is 2.17. The van der Waals surface area contributed by atoms with Crippen LogP contribution in [0.25, 0.3) is 0 Å². The van der Waals surface area contributed by atoms with E-state index in [-0.39, 0.29) is 12.5 Å². The van der Waals surface area contributed by atoms with Crippen molar-refractivity contribution in [3.63, 3.8) is 0 Å². The van der Waals surface area contributed by atoms with Gasteiger partial charge in [-0.3, -0.25) is 9.59 Å². The van der Waals surface area contributed by atoms with Crippen LogP contribution >= 0.6 is 0 Å². The second kappa shape index (κ2) is 19.4. The molecule has 2 aromatic carbocycles. The summed E-state index contributed by atoms with van der Waals surface area (Å²) in [5.74, 6) is 0.111. The molecule has 0 aliphatic carbocycles. The van der Waals surface area contributed by atoms with Gasteiger partial charge in [0.05, 0.1) is 24.9 Å². The monoisotopic (exact) mass is 537 g/mol. The van der Waals surface area contributed by atoms with Crippen molar-refractivity contribution < 1.29 is 23.9 Å². The molecule has 2 rings (SSSR count). The smallest absolute Gasteiger partial charge is 0.343 e. The van der Waals surface area contributed by atoms with E-state index in [1.54, 1.807) is 48.5 Å². The lowest BCUT2D eigenvalue weighted by Crippen LogP contribution is -2.34. The number of nitrogens with one attached hydrogen (secondary N) is 2. The van der Waals surface area contributed by atoms with E-state index in [2.05, 4.69) is 22.8 Å². The average Bonchev–Trinajstić information content (AvgIpc) is 2.95. The molecule has 0 unspecified atom stereocenters. The van der Waals surface area contributed by atoms with Gasteiger partial charge in [0.2, 0.25) is 5.91 Å². The molecular weight excluding hydrogens is 494 g/mol. The molecule has 8 nitrogen and oxygen atoms in total. The van der Waals surface area contributed by atoms with Gasteiger partial charge in [-0.15, -0.1) is 0 Å². The van der Waals surface area contributed by atoms with Crippen molar-refractivity contribution in [2.45, 2.75) is 84.5 Å². The summed E-state index contributed by atoms with van der Waals surface area (Å²) in [6.07, 6.45) is 13.6. The Morgan fingerprint density at radius 2 is 1.36 bits per heavy atom. The predicted octanol–water partition coefficient (Wildman–Crippen LogP) is 6.18. The molecule has 0 radical (unpaired) electrons. The number of hydrazone groups is 1. The van der Waals surface area contributed by atoms with Gasteiger partial charge in [0.25, 0.3) is 5.91 Å². The van der Waals surface area contributed by atoms with Crippen LogP contribution in [0, 0.1) is 0 Å². The molecule has 0 aromatic heterocycles. The third-order valence-corrected chi connectivity index (χ3v) is 6.01. The Kier molecular flexibility index (Phi) is 15.7. The topological polar surface area (TPSA) is 106 Å². The number of hydrogen-bond acceptors (Lipinski definition) is 6. The standard InChI is InChI=1S/C31H43N3O5/c1-3-5-6-7-8-9-10-11-12-13-29(35)32-24-30(36)34-33-23-25-14-18-28(19-15-25)39-31(37)26-16-20-27(21-17-26)38-22-4-2/h14-21,23H,3-13,22,24H2,1-2H3,(H,32,35)(H,34,36)/b33-23+. The second-order valence-electron chi connectivity index (χ2n) is 9.48. The van der Waals surface area contributed by atoms with Crippen LogP contribution in [-0.4, -0.2) is 37.1 Å². The van der Waals surface area contributed by atoms with Gasteiger partial charge in [-0.2, -0.15) is 5.10 Å². The summed E-state index contributed by atoms with van der Waals surface area (Å²) < 4.78 is 10.9. The maximum absolute atomic E-state index is 12.4. The maximum Gasteiger partial charge on any atom is 0.343 e. The Bertz CT molecular complexity index is 1020.